The van der Waals surface area contributed by atoms with E-state index in [1.54, 1.807) is 18.3 Å². The highest BCUT2D eigenvalue weighted by Crippen LogP contribution is 2.24. The van der Waals surface area contributed by atoms with Gasteiger partial charge in [0.2, 0.25) is 11.7 Å². The average molecular weight is 432 g/mol. The lowest BCUT2D eigenvalue weighted by molar-refractivity contribution is -0.135. The van der Waals surface area contributed by atoms with Crippen LogP contribution in [0.4, 0.5) is 0 Å². The summed E-state index contributed by atoms with van der Waals surface area (Å²) in [6, 6.07) is 13.2. The quantitative estimate of drug-likeness (QED) is 0.481. The zero-order chi connectivity index (χ0) is 22.1. The Morgan fingerprint density at radius 2 is 2.00 bits per heavy atom. The number of piperidine rings is 1. The first-order valence-electron chi connectivity index (χ1n) is 10.9. The minimum atomic E-state index is -0.372. The Labute approximate surface area is 184 Å². The van der Waals surface area contributed by atoms with Gasteiger partial charge in [0.25, 0.3) is 5.89 Å². The van der Waals surface area contributed by atoms with Gasteiger partial charge in [-0.2, -0.15) is 4.98 Å². The highest BCUT2D eigenvalue weighted by molar-refractivity contribution is 5.77. The van der Waals surface area contributed by atoms with Crippen molar-refractivity contribution in [1.82, 2.24) is 29.2 Å². The van der Waals surface area contributed by atoms with Crippen LogP contribution in [0.1, 0.15) is 32.6 Å². The van der Waals surface area contributed by atoms with E-state index in [4.69, 9.17) is 4.52 Å². The first-order valence-corrected chi connectivity index (χ1v) is 10.9. The van der Waals surface area contributed by atoms with Crippen LogP contribution in [0.3, 0.4) is 0 Å². The molecule has 164 valence electrons. The summed E-state index contributed by atoms with van der Waals surface area (Å²) in [6.45, 7) is 2.73. The molecule has 1 atom stereocenters. The summed E-state index contributed by atoms with van der Waals surface area (Å²) in [5.41, 5.74) is 1.37. The van der Waals surface area contributed by atoms with Crippen LogP contribution in [0.25, 0.3) is 28.5 Å². The molecule has 0 N–H and O–H groups in total. The van der Waals surface area contributed by atoms with Crippen LogP contribution in [-0.4, -0.2) is 47.7 Å². The van der Waals surface area contributed by atoms with Gasteiger partial charge in [0.05, 0.1) is 5.56 Å². The van der Waals surface area contributed by atoms with Crippen LogP contribution in [0.5, 0.6) is 0 Å². The maximum Gasteiger partial charge on any atom is 0.350 e. The molecular formula is C23H24N6O3. The summed E-state index contributed by atoms with van der Waals surface area (Å²) < 4.78 is 8.09. The third kappa shape index (κ3) is 3.59. The molecule has 1 amide bonds. The Morgan fingerprint density at radius 3 is 2.81 bits per heavy atom. The van der Waals surface area contributed by atoms with E-state index in [0.29, 0.717) is 17.0 Å². The molecule has 0 saturated carbocycles. The van der Waals surface area contributed by atoms with Gasteiger partial charge >= 0.3 is 5.69 Å². The fraction of sp³-hybridized carbons (Fsp3) is 0.348. The molecule has 0 aliphatic carbocycles. The first-order chi connectivity index (χ1) is 15.7. The molecule has 9 heteroatoms. The van der Waals surface area contributed by atoms with Crippen molar-refractivity contribution in [2.24, 2.45) is 0 Å². The second-order valence-electron chi connectivity index (χ2n) is 7.99. The molecule has 4 aromatic rings. The van der Waals surface area contributed by atoms with Gasteiger partial charge in [-0.05, 0) is 37.8 Å². The van der Waals surface area contributed by atoms with Gasteiger partial charge in [0.15, 0.2) is 5.65 Å². The van der Waals surface area contributed by atoms with E-state index in [0.717, 1.165) is 37.8 Å². The number of hydrogen-bond donors (Lipinski definition) is 0. The molecule has 9 nitrogen and oxygen atoms in total. The molecule has 0 spiro atoms. The topological polar surface area (TPSA) is 98.5 Å². The van der Waals surface area contributed by atoms with Gasteiger partial charge in [0, 0.05) is 24.3 Å². The fourth-order valence-electron chi connectivity index (χ4n) is 4.32. The van der Waals surface area contributed by atoms with E-state index in [1.165, 1.54) is 9.08 Å². The third-order valence-corrected chi connectivity index (χ3v) is 6.00. The summed E-state index contributed by atoms with van der Waals surface area (Å²) in [7, 11) is 0. The van der Waals surface area contributed by atoms with Crippen LogP contribution in [0.15, 0.2) is 58.0 Å². The number of nitrogens with zero attached hydrogens (tertiary/aromatic N) is 6. The largest absolute Gasteiger partial charge is 0.350 e. The van der Waals surface area contributed by atoms with Gasteiger partial charge in [0.1, 0.15) is 6.54 Å². The molecule has 1 saturated heterocycles. The minimum absolute atomic E-state index is 0.0761. The number of carbonyl (C=O) groups is 1. The molecule has 0 radical (unpaired) electrons. The predicted molar refractivity (Wildman–Crippen MR) is 118 cm³/mol. The maximum absolute atomic E-state index is 13.0. The van der Waals surface area contributed by atoms with E-state index < -0.39 is 0 Å². The monoisotopic (exact) mass is 432 g/mol. The molecule has 1 aromatic carbocycles. The molecule has 4 heterocycles. The highest BCUT2D eigenvalue weighted by atomic mass is 16.5. The molecule has 1 aliphatic heterocycles. The second-order valence-corrected chi connectivity index (χ2v) is 7.99. The minimum Gasteiger partial charge on any atom is -0.338 e. The van der Waals surface area contributed by atoms with E-state index in [-0.39, 0.29) is 30.1 Å². The number of amides is 1. The summed E-state index contributed by atoms with van der Waals surface area (Å²) in [4.78, 5) is 32.3. The highest BCUT2D eigenvalue weighted by Gasteiger charge is 2.26. The second kappa shape index (κ2) is 8.41. The van der Waals surface area contributed by atoms with Crippen LogP contribution in [0.2, 0.25) is 0 Å². The lowest BCUT2D eigenvalue weighted by Crippen LogP contribution is -2.45. The van der Waals surface area contributed by atoms with Crippen molar-refractivity contribution in [2.75, 3.05) is 6.54 Å². The standard InChI is InChI=1S/C23H24N6O3/c1-2-17-11-6-7-13-27(17)19(30)15-29-23(31)28-14-8-12-18(21(28)25-29)22-24-20(26-32-22)16-9-4-3-5-10-16/h3-5,8-10,12,14,17H,2,6-7,11,13,15H2,1H3/t17-/m0/s1. The third-order valence-electron chi connectivity index (χ3n) is 6.00. The first kappa shape index (κ1) is 20.2. The number of pyridine rings is 1. The molecular weight excluding hydrogens is 408 g/mol. The molecule has 5 rings (SSSR count). The van der Waals surface area contributed by atoms with Crippen LogP contribution in [-0.2, 0) is 11.3 Å². The number of hydrogen-bond acceptors (Lipinski definition) is 6. The smallest absolute Gasteiger partial charge is 0.338 e. The van der Waals surface area contributed by atoms with Crippen molar-refractivity contribution < 1.29 is 9.32 Å². The van der Waals surface area contributed by atoms with Crippen LogP contribution in [0, 0.1) is 0 Å². The maximum atomic E-state index is 13.0. The molecule has 1 aliphatic rings. The van der Waals surface area contributed by atoms with Gasteiger partial charge in [-0.25, -0.2) is 13.9 Å². The number of rotatable bonds is 5. The Bertz CT molecular complexity index is 1310. The SMILES string of the molecule is CC[C@H]1CCCCN1C(=O)Cn1nc2c(-c3nc(-c4ccccc4)no3)cccn2c1=O. The van der Waals surface area contributed by atoms with Gasteiger partial charge in [-0.1, -0.05) is 42.4 Å². The van der Waals surface area contributed by atoms with Crippen molar-refractivity contribution in [1.29, 1.82) is 0 Å². The van der Waals surface area contributed by atoms with E-state index in [2.05, 4.69) is 22.2 Å². The van der Waals surface area contributed by atoms with Crippen molar-refractivity contribution in [3.8, 4) is 22.8 Å². The molecule has 32 heavy (non-hydrogen) atoms. The van der Waals surface area contributed by atoms with Crippen LogP contribution >= 0.6 is 0 Å². The van der Waals surface area contributed by atoms with Crippen molar-refractivity contribution in [2.45, 2.75) is 45.2 Å². The predicted octanol–water partition coefficient (Wildman–Crippen LogP) is 3.00. The van der Waals surface area contributed by atoms with Gasteiger partial charge in [-0.15, -0.1) is 5.10 Å². The molecule has 0 bridgehead atoms. The van der Waals surface area contributed by atoms with Crippen molar-refractivity contribution in [3.05, 3.63) is 59.1 Å². The summed E-state index contributed by atoms with van der Waals surface area (Å²) in [5.74, 6) is 0.642. The lowest BCUT2D eigenvalue weighted by atomic mass is 10.00. The number of benzene rings is 1. The number of likely N-dealkylation sites (tertiary alicyclic amines) is 1. The molecule has 3 aromatic heterocycles. The summed E-state index contributed by atoms with van der Waals surface area (Å²) in [6.07, 6.45) is 5.67. The lowest BCUT2D eigenvalue weighted by Gasteiger charge is -2.35. The fourth-order valence-corrected chi connectivity index (χ4v) is 4.32. The van der Waals surface area contributed by atoms with Crippen molar-refractivity contribution in [3.63, 3.8) is 0 Å². The van der Waals surface area contributed by atoms with Gasteiger partial charge < -0.3 is 9.42 Å². The average Bonchev–Trinajstić information content (AvgIpc) is 3.45. The van der Waals surface area contributed by atoms with E-state index >= 15 is 0 Å². The zero-order valence-corrected chi connectivity index (χ0v) is 17.8. The number of fused-ring (bicyclic) bond motifs is 1. The normalized spacial score (nSPS) is 16.5. The van der Waals surface area contributed by atoms with Gasteiger partial charge in [-0.3, -0.25) is 4.79 Å². The zero-order valence-electron chi connectivity index (χ0n) is 17.8. The Morgan fingerprint density at radius 1 is 1.16 bits per heavy atom. The molecule has 0 unspecified atom stereocenters. The summed E-state index contributed by atoms with van der Waals surface area (Å²) in [5, 5.41) is 8.51. The Kier molecular flexibility index (Phi) is 5.30. The van der Waals surface area contributed by atoms with E-state index in [9.17, 15) is 9.59 Å². The Hall–Kier alpha value is -3.75. The summed E-state index contributed by atoms with van der Waals surface area (Å²) >= 11 is 0. The van der Waals surface area contributed by atoms with Crippen molar-refractivity contribution >= 4 is 11.6 Å². The molecule has 1 fully saturated rings. The number of carbonyl (C=O) groups excluding carboxylic acids is 1. The number of aromatic nitrogens is 5. The van der Waals surface area contributed by atoms with E-state index in [1.807, 2.05) is 35.2 Å². The van der Waals surface area contributed by atoms with Crippen LogP contribution < -0.4 is 5.69 Å². The Balaban J connectivity index is 1.47.